The summed E-state index contributed by atoms with van der Waals surface area (Å²) in [7, 11) is 0. The van der Waals surface area contributed by atoms with Crippen molar-refractivity contribution in [3.8, 4) is 16.9 Å². The summed E-state index contributed by atoms with van der Waals surface area (Å²) in [6.45, 7) is 5.95. The Morgan fingerprint density at radius 3 is 2.00 bits per heavy atom. The predicted molar refractivity (Wildman–Crippen MR) is 144 cm³/mol. The molecule has 0 saturated heterocycles. The fourth-order valence-corrected chi connectivity index (χ4v) is 4.14. The Morgan fingerprint density at radius 1 is 0.853 bits per heavy atom. The zero-order chi connectivity index (χ0) is 24.4. The summed E-state index contributed by atoms with van der Waals surface area (Å²) in [6.07, 6.45) is 21.1. The lowest BCUT2D eigenvalue weighted by atomic mass is 10.0. The van der Waals surface area contributed by atoms with Gasteiger partial charge in [0, 0.05) is 0 Å². The fraction of sp³-hybridized carbons (Fsp3) is 0.452. The molecule has 2 rings (SSSR count). The highest BCUT2D eigenvalue weighted by atomic mass is 16.5. The van der Waals surface area contributed by atoms with E-state index in [0.29, 0.717) is 5.56 Å². The molecule has 1 unspecified atom stereocenters. The van der Waals surface area contributed by atoms with Crippen molar-refractivity contribution in [3.05, 3.63) is 78.9 Å². The van der Waals surface area contributed by atoms with Crippen LogP contribution in [0.15, 0.2) is 73.3 Å². The van der Waals surface area contributed by atoms with Crippen LogP contribution in [0.5, 0.6) is 5.75 Å². The van der Waals surface area contributed by atoms with E-state index in [2.05, 4.69) is 31.7 Å². The number of carboxylic acids is 1. The number of ether oxygens (including phenoxy) is 1. The molecule has 0 aliphatic heterocycles. The van der Waals surface area contributed by atoms with Gasteiger partial charge in [-0.3, -0.25) is 0 Å². The SMILES string of the molecule is C=C/C=C/CCCCCCCC(CCCCCC)Oc1ccc(-c2ccc(C(=O)O)cc2)cc1. The minimum Gasteiger partial charge on any atom is -0.490 e. The molecule has 2 aromatic rings. The molecule has 0 amide bonds. The quantitative estimate of drug-likeness (QED) is 0.177. The Balaban J connectivity index is 1.84. The van der Waals surface area contributed by atoms with E-state index in [4.69, 9.17) is 9.84 Å². The van der Waals surface area contributed by atoms with Crippen LogP contribution < -0.4 is 4.74 Å². The van der Waals surface area contributed by atoms with E-state index < -0.39 is 5.97 Å². The van der Waals surface area contributed by atoms with Gasteiger partial charge in [-0.05, 0) is 73.9 Å². The number of allylic oxidation sites excluding steroid dienone is 3. The molecule has 1 atom stereocenters. The average Bonchev–Trinajstić information content (AvgIpc) is 2.86. The Bertz CT molecular complexity index is 849. The number of carbonyl (C=O) groups is 1. The molecule has 0 spiro atoms. The van der Waals surface area contributed by atoms with Crippen LogP contribution in [0.4, 0.5) is 0 Å². The lowest BCUT2D eigenvalue weighted by molar-refractivity contribution is 0.0697. The van der Waals surface area contributed by atoms with Gasteiger partial charge in [-0.25, -0.2) is 4.79 Å². The fourth-order valence-electron chi connectivity index (χ4n) is 4.14. The third-order valence-electron chi connectivity index (χ3n) is 6.17. The Kier molecular flexibility index (Phi) is 13.5. The summed E-state index contributed by atoms with van der Waals surface area (Å²) in [6, 6.07) is 15.2. The summed E-state index contributed by atoms with van der Waals surface area (Å²) in [5.74, 6) is 0.0151. The van der Waals surface area contributed by atoms with Gasteiger partial charge < -0.3 is 9.84 Å². The molecule has 0 aliphatic rings. The van der Waals surface area contributed by atoms with Crippen molar-refractivity contribution in [1.29, 1.82) is 0 Å². The van der Waals surface area contributed by atoms with Crippen molar-refractivity contribution >= 4 is 5.97 Å². The van der Waals surface area contributed by atoms with Crippen molar-refractivity contribution < 1.29 is 14.6 Å². The summed E-state index contributed by atoms with van der Waals surface area (Å²) in [5, 5.41) is 9.08. The van der Waals surface area contributed by atoms with Gasteiger partial charge in [-0.2, -0.15) is 0 Å². The normalized spacial score (nSPS) is 12.0. The Labute approximate surface area is 206 Å². The van der Waals surface area contributed by atoms with Gasteiger partial charge in [0.15, 0.2) is 0 Å². The molecule has 2 aromatic carbocycles. The summed E-state index contributed by atoms with van der Waals surface area (Å²) in [4.78, 5) is 11.1. The van der Waals surface area contributed by atoms with Gasteiger partial charge in [0.2, 0.25) is 0 Å². The zero-order valence-corrected chi connectivity index (χ0v) is 20.9. The van der Waals surface area contributed by atoms with Crippen LogP contribution in [0.1, 0.15) is 94.3 Å². The second-order valence-corrected chi connectivity index (χ2v) is 9.01. The lowest BCUT2D eigenvalue weighted by Gasteiger charge is -2.20. The van der Waals surface area contributed by atoms with Crippen molar-refractivity contribution in [2.75, 3.05) is 0 Å². The highest BCUT2D eigenvalue weighted by molar-refractivity contribution is 5.88. The first-order chi connectivity index (χ1) is 16.6. The first-order valence-corrected chi connectivity index (χ1v) is 13.0. The third-order valence-corrected chi connectivity index (χ3v) is 6.17. The van der Waals surface area contributed by atoms with Gasteiger partial charge in [0.25, 0.3) is 0 Å². The Morgan fingerprint density at radius 2 is 1.41 bits per heavy atom. The van der Waals surface area contributed by atoms with Crippen LogP contribution in [0.25, 0.3) is 11.1 Å². The number of carboxylic acid groups (broad SMARTS) is 1. The van der Waals surface area contributed by atoms with Gasteiger partial charge in [-0.1, -0.05) is 94.5 Å². The number of rotatable bonds is 18. The summed E-state index contributed by atoms with van der Waals surface area (Å²) >= 11 is 0. The van der Waals surface area contributed by atoms with Crippen molar-refractivity contribution in [3.63, 3.8) is 0 Å². The predicted octanol–water partition coefficient (Wildman–Crippen LogP) is 9.24. The topological polar surface area (TPSA) is 46.5 Å². The summed E-state index contributed by atoms with van der Waals surface area (Å²) < 4.78 is 6.41. The van der Waals surface area contributed by atoms with Gasteiger partial charge in [0.1, 0.15) is 5.75 Å². The number of benzene rings is 2. The average molecular weight is 463 g/mol. The van der Waals surface area contributed by atoms with Crippen LogP contribution in [-0.2, 0) is 0 Å². The number of hydrogen-bond donors (Lipinski definition) is 1. The Hall–Kier alpha value is -2.81. The monoisotopic (exact) mass is 462 g/mol. The van der Waals surface area contributed by atoms with E-state index >= 15 is 0 Å². The molecular weight excluding hydrogens is 420 g/mol. The highest BCUT2D eigenvalue weighted by Crippen LogP contribution is 2.25. The van der Waals surface area contributed by atoms with Crippen LogP contribution in [0, 0.1) is 0 Å². The molecule has 0 saturated carbocycles. The van der Waals surface area contributed by atoms with Gasteiger partial charge in [-0.15, -0.1) is 0 Å². The van der Waals surface area contributed by atoms with E-state index in [1.165, 1.54) is 57.8 Å². The number of aromatic carboxylic acids is 1. The standard InChI is InChI=1S/C31H42O3/c1-3-5-7-9-10-11-12-13-15-17-29(16-14-8-6-4-2)34-30-24-22-27(23-25-30)26-18-20-28(21-19-26)31(32)33/h3,5,7,18-25,29H,1,4,6,8-17H2,2H3,(H,32,33)/b7-5+. The smallest absolute Gasteiger partial charge is 0.335 e. The maximum atomic E-state index is 11.1. The largest absolute Gasteiger partial charge is 0.490 e. The third kappa shape index (κ3) is 10.9. The maximum Gasteiger partial charge on any atom is 0.335 e. The number of hydrogen-bond acceptors (Lipinski definition) is 2. The second-order valence-electron chi connectivity index (χ2n) is 9.01. The molecule has 0 fully saturated rings. The van der Waals surface area contributed by atoms with Crippen LogP contribution in [0.2, 0.25) is 0 Å². The first kappa shape index (κ1) is 27.4. The van der Waals surface area contributed by atoms with Crippen molar-refractivity contribution in [2.45, 2.75) is 90.1 Å². The number of unbranched alkanes of at least 4 members (excludes halogenated alkanes) is 8. The van der Waals surface area contributed by atoms with E-state index in [0.717, 1.165) is 36.1 Å². The minimum absolute atomic E-state index is 0.271. The van der Waals surface area contributed by atoms with Crippen molar-refractivity contribution in [1.82, 2.24) is 0 Å². The summed E-state index contributed by atoms with van der Waals surface area (Å²) in [5.41, 5.74) is 2.37. The lowest BCUT2D eigenvalue weighted by Crippen LogP contribution is -2.16. The van der Waals surface area contributed by atoms with Crippen LogP contribution in [0.3, 0.4) is 0 Å². The van der Waals surface area contributed by atoms with E-state index in [-0.39, 0.29) is 6.10 Å². The van der Waals surface area contributed by atoms with E-state index in [1.807, 2.05) is 36.4 Å². The van der Waals surface area contributed by atoms with Crippen LogP contribution in [-0.4, -0.2) is 17.2 Å². The van der Waals surface area contributed by atoms with E-state index in [9.17, 15) is 4.79 Å². The van der Waals surface area contributed by atoms with Gasteiger partial charge in [0.05, 0.1) is 11.7 Å². The first-order valence-electron chi connectivity index (χ1n) is 13.0. The molecule has 3 heteroatoms. The molecule has 0 bridgehead atoms. The van der Waals surface area contributed by atoms with E-state index in [1.54, 1.807) is 12.1 Å². The molecule has 0 radical (unpaired) electrons. The molecule has 0 heterocycles. The van der Waals surface area contributed by atoms with Crippen molar-refractivity contribution in [2.24, 2.45) is 0 Å². The molecule has 0 aliphatic carbocycles. The molecule has 184 valence electrons. The second kappa shape index (κ2) is 16.7. The van der Waals surface area contributed by atoms with Gasteiger partial charge >= 0.3 is 5.97 Å². The molecule has 3 nitrogen and oxygen atoms in total. The highest BCUT2D eigenvalue weighted by Gasteiger charge is 2.11. The molecule has 0 aromatic heterocycles. The minimum atomic E-state index is -0.902. The molecule has 34 heavy (non-hydrogen) atoms. The zero-order valence-electron chi connectivity index (χ0n) is 20.9. The van der Waals surface area contributed by atoms with Crippen LogP contribution >= 0.6 is 0 Å². The maximum absolute atomic E-state index is 11.1. The molecular formula is C31H42O3. The molecule has 1 N–H and O–H groups in total.